The second-order valence-corrected chi connectivity index (χ2v) is 9.07. The van der Waals surface area contributed by atoms with Crippen molar-refractivity contribution in [2.75, 3.05) is 61.5 Å². The van der Waals surface area contributed by atoms with E-state index in [0.717, 1.165) is 56.1 Å². The Morgan fingerprint density at radius 1 is 1.08 bits per heavy atom. The summed E-state index contributed by atoms with van der Waals surface area (Å²) in [7, 11) is 0. The first-order chi connectivity index (χ1) is 17.5. The molecule has 4 N–H and O–H groups in total. The van der Waals surface area contributed by atoms with Crippen LogP contribution < -0.4 is 21.3 Å². The van der Waals surface area contributed by atoms with Gasteiger partial charge in [-0.15, -0.1) is 0 Å². The monoisotopic (exact) mass is 488 g/mol. The Labute approximate surface area is 213 Å². The Morgan fingerprint density at radius 2 is 1.75 bits per heavy atom. The minimum atomic E-state index is -0.0767. The predicted octanol–water partition coefficient (Wildman–Crippen LogP) is 3.76. The van der Waals surface area contributed by atoms with Crippen molar-refractivity contribution in [2.45, 2.75) is 13.3 Å². The van der Waals surface area contributed by atoms with E-state index in [0.29, 0.717) is 24.7 Å². The SMILES string of the molecule is C=C(N=C/C=C(\N)c1ccc(NC(=O)C2CCOC2)cc1)Nc1ccc(N2CCN(CC)CC2)cc1. The third-order valence-electron chi connectivity index (χ3n) is 6.61. The van der Waals surface area contributed by atoms with Crippen molar-refractivity contribution >= 4 is 34.9 Å². The van der Waals surface area contributed by atoms with E-state index in [1.54, 1.807) is 12.3 Å². The molecule has 2 aliphatic heterocycles. The van der Waals surface area contributed by atoms with Gasteiger partial charge in [0.1, 0.15) is 5.82 Å². The third kappa shape index (κ3) is 6.96. The van der Waals surface area contributed by atoms with Gasteiger partial charge >= 0.3 is 0 Å². The zero-order valence-electron chi connectivity index (χ0n) is 21.0. The molecule has 4 rings (SSSR count). The Kier molecular flexibility index (Phi) is 8.76. The number of hydrogen-bond acceptors (Lipinski definition) is 7. The maximum absolute atomic E-state index is 12.2. The van der Waals surface area contributed by atoms with Gasteiger partial charge in [0, 0.05) is 61.8 Å². The molecule has 0 radical (unpaired) electrons. The molecule has 190 valence electrons. The number of likely N-dealkylation sites (N-methyl/N-ethyl adjacent to an activating group) is 1. The lowest BCUT2D eigenvalue weighted by Gasteiger charge is -2.35. The van der Waals surface area contributed by atoms with Crippen molar-refractivity contribution in [3.8, 4) is 0 Å². The number of carbonyl (C=O) groups is 1. The van der Waals surface area contributed by atoms with Crippen molar-refractivity contribution in [3.05, 3.63) is 72.6 Å². The number of amides is 1. The maximum atomic E-state index is 12.2. The normalized spacial score (nSPS) is 19.0. The molecular formula is C28H36N6O2. The lowest BCUT2D eigenvalue weighted by atomic mass is 10.1. The van der Waals surface area contributed by atoms with E-state index in [1.807, 2.05) is 36.4 Å². The maximum Gasteiger partial charge on any atom is 0.229 e. The fourth-order valence-corrected chi connectivity index (χ4v) is 4.31. The molecule has 2 saturated heterocycles. The number of hydrogen-bond donors (Lipinski definition) is 3. The number of aliphatic imine (C=N–C) groups is 1. The van der Waals surface area contributed by atoms with Crippen LogP contribution in [0.5, 0.6) is 0 Å². The number of allylic oxidation sites excluding steroid dienone is 1. The number of benzene rings is 2. The van der Waals surface area contributed by atoms with Crippen LogP contribution in [0.4, 0.5) is 17.1 Å². The molecule has 8 nitrogen and oxygen atoms in total. The summed E-state index contributed by atoms with van der Waals surface area (Å²) in [4.78, 5) is 21.5. The van der Waals surface area contributed by atoms with Crippen molar-refractivity contribution in [1.29, 1.82) is 0 Å². The van der Waals surface area contributed by atoms with E-state index in [4.69, 9.17) is 10.5 Å². The first-order valence-electron chi connectivity index (χ1n) is 12.5. The molecule has 0 aliphatic carbocycles. The molecule has 2 heterocycles. The Balaban J connectivity index is 1.25. The first kappa shape index (κ1) is 25.5. The van der Waals surface area contributed by atoms with Crippen LogP contribution >= 0.6 is 0 Å². The Hall–Kier alpha value is -3.62. The summed E-state index contributed by atoms with van der Waals surface area (Å²) in [5.41, 5.74) is 10.5. The minimum Gasteiger partial charge on any atom is -0.398 e. The fraction of sp³-hybridized carbons (Fsp3) is 0.357. The lowest BCUT2D eigenvalue weighted by Crippen LogP contribution is -2.46. The van der Waals surface area contributed by atoms with Gasteiger partial charge in [-0.2, -0.15) is 0 Å². The Morgan fingerprint density at radius 3 is 2.39 bits per heavy atom. The smallest absolute Gasteiger partial charge is 0.229 e. The number of ether oxygens (including phenoxy) is 1. The van der Waals surface area contributed by atoms with Gasteiger partial charge in [0.15, 0.2) is 0 Å². The van der Waals surface area contributed by atoms with Crippen molar-refractivity contribution in [2.24, 2.45) is 16.6 Å². The van der Waals surface area contributed by atoms with Gasteiger partial charge in [-0.3, -0.25) is 4.79 Å². The van der Waals surface area contributed by atoms with Gasteiger partial charge < -0.3 is 30.9 Å². The summed E-state index contributed by atoms with van der Waals surface area (Å²) >= 11 is 0. The summed E-state index contributed by atoms with van der Waals surface area (Å²) < 4.78 is 5.28. The quantitative estimate of drug-likeness (QED) is 0.465. The molecule has 8 heteroatoms. The predicted molar refractivity (Wildman–Crippen MR) is 148 cm³/mol. The molecule has 2 aromatic carbocycles. The van der Waals surface area contributed by atoms with Crippen molar-refractivity contribution in [3.63, 3.8) is 0 Å². The lowest BCUT2D eigenvalue weighted by molar-refractivity contribution is -0.119. The Bertz CT molecular complexity index is 1080. The first-order valence-corrected chi connectivity index (χ1v) is 12.5. The van der Waals surface area contributed by atoms with E-state index in [9.17, 15) is 4.79 Å². The zero-order valence-corrected chi connectivity index (χ0v) is 21.0. The van der Waals surface area contributed by atoms with Crippen molar-refractivity contribution < 1.29 is 9.53 Å². The minimum absolute atomic E-state index is 0.00800. The summed E-state index contributed by atoms with van der Waals surface area (Å²) in [5.74, 6) is 0.441. The second-order valence-electron chi connectivity index (χ2n) is 9.07. The van der Waals surface area contributed by atoms with Crippen molar-refractivity contribution in [1.82, 2.24) is 4.90 Å². The highest BCUT2D eigenvalue weighted by Gasteiger charge is 2.23. The average Bonchev–Trinajstić information content (AvgIpc) is 3.45. The highest BCUT2D eigenvalue weighted by Crippen LogP contribution is 2.21. The van der Waals surface area contributed by atoms with E-state index >= 15 is 0 Å². The molecular weight excluding hydrogens is 452 g/mol. The molecule has 1 amide bonds. The van der Waals surface area contributed by atoms with Crippen LogP contribution in [-0.4, -0.2) is 63.0 Å². The molecule has 0 spiro atoms. The van der Waals surface area contributed by atoms with E-state index in [1.165, 1.54) is 5.69 Å². The number of anilines is 3. The molecule has 2 fully saturated rings. The van der Waals surface area contributed by atoms with Crippen LogP contribution in [0.1, 0.15) is 18.9 Å². The molecule has 0 bridgehead atoms. The van der Waals surface area contributed by atoms with Crippen LogP contribution in [0.25, 0.3) is 5.70 Å². The summed E-state index contributed by atoms with van der Waals surface area (Å²) in [6.07, 6.45) is 4.12. The van der Waals surface area contributed by atoms with Crippen LogP contribution in [0.15, 0.2) is 72.0 Å². The van der Waals surface area contributed by atoms with Gasteiger partial charge in [0.2, 0.25) is 5.91 Å². The highest BCUT2D eigenvalue weighted by molar-refractivity contribution is 5.93. The third-order valence-corrected chi connectivity index (χ3v) is 6.61. The molecule has 0 saturated carbocycles. The topological polar surface area (TPSA) is 95.2 Å². The van der Waals surface area contributed by atoms with Crippen LogP contribution in [0, 0.1) is 5.92 Å². The molecule has 1 atom stereocenters. The molecule has 0 aromatic heterocycles. The van der Waals surface area contributed by atoms with E-state index in [2.05, 4.69) is 51.1 Å². The molecule has 1 unspecified atom stereocenters. The largest absolute Gasteiger partial charge is 0.398 e. The second kappa shape index (κ2) is 12.4. The average molecular weight is 489 g/mol. The summed E-state index contributed by atoms with van der Waals surface area (Å²) in [6.45, 7) is 12.8. The van der Waals surface area contributed by atoms with Crippen LogP contribution in [0.2, 0.25) is 0 Å². The number of rotatable bonds is 9. The van der Waals surface area contributed by atoms with Gasteiger partial charge in [0.05, 0.1) is 12.5 Å². The summed E-state index contributed by atoms with van der Waals surface area (Å²) in [6, 6.07) is 15.8. The van der Waals surface area contributed by atoms with Gasteiger partial charge in [-0.05, 0) is 61.0 Å². The highest BCUT2D eigenvalue weighted by atomic mass is 16.5. The fourth-order valence-electron chi connectivity index (χ4n) is 4.31. The molecule has 2 aromatic rings. The zero-order chi connectivity index (χ0) is 25.3. The van der Waals surface area contributed by atoms with Crippen LogP contribution in [0.3, 0.4) is 0 Å². The van der Waals surface area contributed by atoms with E-state index < -0.39 is 0 Å². The number of carbonyl (C=O) groups excluding carboxylic acids is 1. The number of nitrogens with one attached hydrogen (secondary N) is 2. The van der Waals surface area contributed by atoms with E-state index in [-0.39, 0.29) is 11.8 Å². The molecule has 2 aliphatic rings. The summed E-state index contributed by atoms with van der Waals surface area (Å²) in [5, 5.41) is 6.14. The number of nitrogens with two attached hydrogens (primary N) is 1. The number of nitrogens with zero attached hydrogens (tertiary/aromatic N) is 3. The van der Waals surface area contributed by atoms with Gasteiger partial charge in [-0.1, -0.05) is 25.6 Å². The molecule has 36 heavy (non-hydrogen) atoms. The number of piperazine rings is 1. The van der Waals surface area contributed by atoms with Crippen LogP contribution in [-0.2, 0) is 9.53 Å². The standard InChI is InChI=1S/C28H36N6O2/c1-3-33-15-17-34(18-16-33)26-10-8-24(9-11-26)31-21(2)30-14-12-27(29)22-4-6-25(7-5-22)32-28(35)23-13-19-36-20-23/h4-12,14,23,31H,2-3,13,15-20,29H2,1H3,(H,32,35)/b27-12-,30-14?. The van der Waals surface area contributed by atoms with Gasteiger partial charge in [-0.25, -0.2) is 4.99 Å². The van der Waals surface area contributed by atoms with Gasteiger partial charge in [0.25, 0.3) is 0 Å².